The van der Waals surface area contributed by atoms with Crippen LogP contribution >= 0.6 is 0 Å². The number of hydrogen-bond donors (Lipinski definition) is 1. The van der Waals surface area contributed by atoms with E-state index in [-0.39, 0.29) is 6.07 Å². The lowest BCUT2D eigenvalue weighted by Crippen LogP contribution is -2.03. The first-order valence-corrected chi connectivity index (χ1v) is 2.90. The van der Waals surface area contributed by atoms with Crippen molar-refractivity contribution in [2.24, 2.45) is 0 Å². The molecule has 0 saturated carbocycles. The maximum atomic E-state index is 12.5. The third-order valence-electron chi connectivity index (χ3n) is 1.22. The van der Waals surface area contributed by atoms with Crippen LogP contribution in [-0.2, 0) is 0 Å². The smallest absolute Gasteiger partial charge is 0.338 e. The van der Waals surface area contributed by atoms with E-state index < -0.39 is 29.0 Å². The molecule has 0 aliphatic heterocycles. The summed E-state index contributed by atoms with van der Waals surface area (Å²) in [5.74, 6) is -5.88. The third-order valence-corrected chi connectivity index (χ3v) is 1.22. The Morgan fingerprint density at radius 1 is 1.25 bits per heavy atom. The van der Waals surface area contributed by atoms with Gasteiger partial charge in [-0.15, -0.1) is 0 Å². The first-order chi connectivity index (χ1) is 5.52. The Labute approximate surface area is 65.2 Å². The molecule has 0 aromatic heterocycles. The summed E-state index contributed by atoms with van der Waals surface area (Å²) in [5, 5.41) is 8.24. The Morgan fingerprint density at radius 2 is 1.83 bits per heavy atom. The molecular formula is C7H3F3O2. The molecule has 64 valence electrons. The molecule has 0 unspecified atom stereocenters. The van der Waals surface area contributed by atoms with Crippen LogP contribution < -0.4 is 0 Å². The minimum absolute atomic E-state index is 0.280. The Hall–Kier alpha value is -1.52. The third kappa shape index (κ3) is 1.39. The molecule has 0 heterocycles. The van der Waals surface area contributed by atoms with Crippen LogP contribution in [0.3, 0.4) is 0 Å². The zero-order chi connectivity index (χ0) is 9.30. The van der Waals surface area contributed by atoms with Gasteiger partial charge in [0.2, 0.25) is 0 Å². The van der Waals surface area contributed by atoms with Gasteiger partial charge >= 0.3 is 5.97 Å². The standard InChI is InChI=1S/C7H3F3O2/c8-3-1-4(7(11)12)6(10)5(9)2-3/h1-2H,(H,11,12). The van der Waals surface area contributed by atoms with Crippen molar-refractivity contribution in [3.05, 3.63) is 35.1 Å². The molecular weight excluding hydrogens is 173 g/mol. The predicted octanol–water partition coefficient (Wildman–Crippen LogP) is 1.80. The van der Waals surface area contributed by atoms with Crippen molar-refractivity contribution in [2.75, 3.05) is 0 Å². The molecule has 1 N–H and O–H groups in total. The fourth-order valence-corrected chi connectivity index (χ4v) is 0.712. The lowest BCUT2D eigenvalue weighted by atomic mass is 10.2. The van der Waals surface area contributed by atoms with Crippen LogP contribution in [0.25, 0.3) is 0 Å². The van der Waals surface area contributed by atoms with Crippen molar-refractivity contribution < 1.29 is 23.1 Å². The van der Waals surface area contributed by atoms with Gasteiger partial charge in [-0.1, -0.05) is 0 Å². The molecule has 0 bridgehead atoms. The molecule has 0 atom stereocenters. The van der Waals surface area contributed by atoms with Gasteiger partial charge in [0.25, 0.3) is 0 Å². The van der Waals surface area contributed by atoms with Gasteiger partial charge in [0.15, 0.2) is 11.6 Å². The van der Waals surface area contributed by atoms with Gasteiger partial charge in [0.1, 0.15) is 11.4 Å². The highest BCUT2D eigenvalue weighted by Gasteiger charge is 2.15. The largest absolute Gasteiger partial charge is 0.478 e. The van der Waals surface area contributed by atoms with Gasteiger partial charge in [-0.2, -0.15) is 0 Å². The highest BCUT2D eigenvalue weighted by atomic mass is 19.2. The zero-order valence-corrected chi connectivity index (χ0v) is 5.64. The topological polar surface area (TPSA) is 37.3 Å². The van der Waals surface area contributed by atoms with Gasteiger partial charge in [-0.3, -0.25) is 0 Å². The van der Waals surface area contributed by atoms with Crippen LogP contribution in [0.1, 0.15) is 10.4 Å². The molecule has 0 aliphatic carbocycles. The summed E-state index contributed by atoms with van der Waals surface area (Å²) in [6.07, 6.45) is 0. The molecule has 1 rings (SSSR count). The Morgan fingerprint density at radius 3 is 2.33 bits per heavy atom. The van der Waals surface area contributed by atoms with Crippen LogP contribution in [0, 0.1) is 17.5 Å². The van der Waals surface area contributed by atoms with Crippen molar-refractivity contribution in [3.8, 4) is 0 Å². The Bertz CT molecular complexity index is 336. The summed E-state index contributed by atoms with van der Waals surface area (Å²) < 4.78 is 37.1. The van der Waals surface area contributed by atoms with E-state index in [4.69, 9.17) is 5.11 Å². The van der Waals surface area contributed by atoms with Crippen LogP contribution in [0.15, 0.2) is 12.1 Å². The van der Waals surface area contributed by atoms with Gasteiger partial charge in [0.05, 0.1) is 0 Å². The number of hydrogen-bond acceptors (Lipinski definition) is 1. The molecule has 0 amide bonds. The molecule has 0 aliphatic rings. The SMILES string of the molecule is O=C(O)c1cc(F)cc(F)c1F. The summed E-state index contributed by atoms with van der Waals surface area (Å²) in [7, 11) is 0. The lowest BCUT2D eigenvalue weighted by molar-refractivity contribution is 0.0690. The second kappa shape index (κ2) is 2.84. The summed E-state index contributed by atoms with van der Waals surface area (Å²) in [6, 6.07) is 0.697. The predicted molar refractivity (Wildman–Crippen MR) is 33.3 cm³/mol. The number of benzene rings is 1. The van der Waals surface area contributed by atoms with Crippen molar-refractivity contribution >= 4 is 5.97 Å². The summed E-state index contributed by atoms with van der Waals surface area (Å²) in [4.78, 5) is 10.2. The number of carboxylic acid groups (broad SMARTS) is 1. The van der Waals surface area contributed by atoms with E-state index in [0.29, 0.717) is 6.07 Å². The van der Waals surface area contributed by atoms with Gasteiger partial charge in [-0.05, 0) is 6.07 Å². The quantitative estimate of drug-likeness (QED) is 0.662. The van der Waals surface area contributed by atoms with E-state index in [1.54, 1.807) is 0 Å². The Balaban J connectivity index is 3.37. The molecule has 5 heteroatoms. The van der Waals surface area contributed by atoms with E-state index >= 15 is 0 Å². The fourth-order valence-electron chi connectivity index (χ4n) is 0.712. The first kappa shape index (κ1) is 8.58. The second-order valence-corrected chi connectivity index (χ2v) is 2.05. The molecule has 0 radical (unpaired) electrons. The summed E-state index contributed by atoms with van der Waals surface area (Å²) in [6.45, 7) is 0. The molecule has 0 saturated heterocycles. The highest BCUT2D eigenvalue weighted by molar-refractivity contribution is 5.87. The van der Waals surface area contributed by atoms with E-state index in [2.05, 4.69) is 0 Å². The number of rotatable bonds is 1. The highest BCUT2D eigenvalue weighted by Crippen LogP contribution is 2.13. The second-order valence-electron chi connectivity index (χ2n) is 2.05. The number of carbonyl (C=O) groups is 1. The van der Waals surface area contributed by atoms with Gasteiger partial charge in [0, 0.05) is 6.07 Å². The zero-order valence-electron chi connectivity index (χ0n) is 5.64. The molecule has 1 aromatic rings. The van der Waals surface area contributed by atoms with E-state index in [0.717, 1.165) is 0 Å². The number of halogens is 3. The normalized spacial score (nSPS) is 9.92. The number of carboxylic acids is 1. The fraction of sp³-hybridized carbons (Fsp3) is 0. The lowest BCUT2D eigenvalue weighted by Gasteiger charge is -1.97. The van der Waals surface area contributed by atoms with Crippen LogP contribution in [0.5, 0.6) is 0 Å². The minimum atomic E-state index is -1.70. The first-order valence-electron chi connectivity index (χ1n) is 2.90. The van der Waals surface area contributed by atoms with Crippen molar-refractivity contribution in [1.82, 2.24) is 0 Å². The van der Waals surface area contributed by atoms with E-state index in [1.807, 2.05) is 0 Å². The maximum Gasteiger partial charge on any atom is 0.338 e. The number of aromatic carboxylic acids is 1. The molecule has 2 nitrogen and oxygen atoms in total. The van der Waals surface area contributed by atoms with E-state index in [1.165, 1.54) is 0 Å². The van der Waals surface area contributed by atoms with Gasteiger partial charge in [-0.25, -0.2) is 18.0 Å². The van der Waals surface area contributed by atoms with Crippen LogP contribution in [-0.4, -0.2) is 11.1 Å². The Kier molecular flexibility index (Phi) is 2.03. The van der Waals surface area contributed by atoms with Crippen molar-refractivity contribution in [1.29, 1.82) is 0 Å². The molecule has 0 spiro atoms. The summed E-state index contributed by atoms with van der Waals surface area (Å²) >= 11 is 0. The minimum Gasteiger partial charge on any atom is -0.478 e. The molecule has 1 aromatic carbocycles. The van der Waals surface area contributed by atoms with Crippen molar-refractivity contribution in [3.63, 3.8) is 0 Å². The van der Waals surface area contributed by atoms with Crippen LogP contribution in [0.4, 0.5) is 13.2 Å². The summed E-state index contributed by atoms with van der Waals surface area (Å²) in [5.41, 5.74) is -1.01. The average molecular weight is 176 g/mol. The monoisotopic (exact) mass is 176 g/mol. The maximum absolute atomic E-state index is 12.5. The van der Waals surface area contributed by atoms with Crippen molar-refractivity contribution in [2.45, 2.75) is 0 Å². The molecule has 0 fully saturated rings. The van der Waals surface area contributed by atoms with E-state index in [9.17, 15) is 18.0 Å². The average Bonchev–Trinajstić information content (AvgIpc) is 1.96. The van der Waals surface area contributed by atoms with Gasteiger partial charge < -0.3 is 5.11 Å². The molecule has 12 heavy (non-hydrogen) atoms. The van der Waals surface area contributed by atoms with Crippen LogP contribution in [0.2, 0.25) is 0 Å².